The quantitative estimate of drug-likeness (QED) is 0.172. The van der Waals surface area contributed by atoms with E-state index in [1.54, 1.807) is 0 Å². The molecule has 0 spiro atoms. The summed E-state index contributed by atoms with van der Waals surface area (Å²) in [6, 6.07) is 24.6. The van der Waals surface area contributed by atoms with Crippen LogP contribution in [0, 0.1) is 13.8 Å². The number of fused-ring (bicyclic) bond motifs is 2. The smallest absolute Gasteiger partial charge is 0.272 e. The first-order valence-corrected chi connectivity index (χ1v) is 15.3. The van der Waals surface area contributed by atoms with Crippen LogP contribution in [0.25, 0.3) is 10.9 Å². The number of quaternary nitrogens is 1. The molecule has 0 radical (unpaired) electrons. The van der Waals surface area contributed by atoms with Crippen LogP contribution in [0.1, 0.15) is 59.4 Å². The third kappa shape index (κ3) is 8.15. The molecule has 2 heterocycles. The Kier molecular flexibility index (Phi) is 11.2. The molecular formula is C36H44BrN3O3. The number of aromatic nitrogens is 1. The molecule has 43 heavy (non-hydrogen) atoms. The third-order valence-corrected chi connectivity index (χ3v) is 8.54. The molecule has 0 saturated heterocycles. The summed E-state index contributed by atoms with van der Waals surface area (Å²) in [4.78, 5) is 20.6. The highest BCUT2D eigenvalue weighted by Gasteiger charge is 2.25. The van der Waals surface area contributed by atoms with Crippen molar-refractivity contribution >= 4 is 16.8 Å². The van der Waals surface area contributed by atoms with Gasteiger partial charge in [0.2, 0.25) is 0 Å². The second kappa shape index (κ2) is 14.8. The van der Waals surface area contributed by atoms with Crippen molar-refractivity contribution in [3.8, 4) is 11.5 Å². The summed E-state index contributed by atoms with van der Waals surface area (Å²) >= 11 is 0. The Balaban J connectivity index is 0.00000423. The van der Waals surface area contributed by atoms with Gasteiger partial charge in [0.1, 0.15) is 25.5 Å². The van der Waals surface area contributed by atoms with Crippen LogP contribution in [0.15, 0.2) is 72.8 Å². The first-order chi connectivity index (χ1) is 20.4. The van der Waals surface area contributed by atoms with Crippen LogP contribution < -0.4 is 26.5 Å². The van der Waals surface area contributed by atoms with E-state index in [2.05, 4.69) is 45.9 Å². The van der Waals surface area contributed by atoms with Gasteiger partial charge in [-0.3, -0.25) is 4.79 Å². The first-order valence-electron chi connectivity index (χ1n) is 15.3. The average molecular weight is 647 g/mol. The van der Waals surface area contributed by atoms with Crippen LogP contribution in [0.3, 0.4) is 0 Å². The van der Waals surface area contributed by atoms with Gasteiger partial charge < -0.3 is 35.8 Å². The van der Waals surface area contributed by atoms with Crippen molar-refractivity contribution in [2.24, 2.45) is 0 Å². The van der Waals surface area contributed by atoms with Crippen molar-refractivity contribution in [3.63, 3.8) is 0 Å². The Morgan fingerprint density at radius 2 is 1.56 bits per heavy atom. The predicted molar refractivity (Wildman–Crippen MR) is 169 cm³/mol. The van der Waals surface area contributed by atoms with E-state index in [9.17, 15) is 4.79 Å². The van der Waals surface area contributed by atoms with Crippen LogP contribution in [0.2, 0.25) is 0 Å². The molecule has 4 aromatic rings. The molecule has 0 bridgehead atoms. The molecule has 1 aliphatic rings. The second-order valence-corrected chi connectivity index (χ2v) is 11.7. The highest BCUT2D eigenvalue weighted by Crippen LogP contribution is 2.31. The molecule has 6 nitrogen and oxygen atoms in total. The minimum Gasteiger partial charge on any atom is -1.00 e. The number of aryl methyl sites for hydroxylation is 2. The summed E-state index contributed by atoms with van der Waals surface area (Å²) in [5.74, 6) is 1.46. The maximum Gasteiger partial charge on any atom is 0.272 e. The van der Waals surface area contributed by atoms with Crippen LogP contribution >= 0.6 is 0 Å². The van der Waals surface area contributed by atoms with Crippen molar-refractivity contribution < 1.29 is 35.7 Å². The summed E-state index contributed by atoms with van der Waals surface area (Å²) in [5.41, 5.74) is 6.40. The zero-order chi connectivity index (χ0) is 29.5. The lowest BCUT2D eigenvalue weighted by molar-refractivity contribution is -0.938. The molecule has 0 fully saturated rings. The minimum atomic E-state index is -0.0439. The standard InChI is InChI=1S/C36H44N3O3.BrH/c1-5-39(6-2,26-30-22-27(3)21-28(4)23-30)18-10-9-17-38(25-29-13-16-34-35(24-29)42-20-19-41-34)36(40)33-15-14-31-11-7-8-12-32(31)37-33;/h7-8,11-16,21-24H,5-6,9-10,17-20,25-26H2,1-4H3;1H/q+1;/p-1. The maximum atomic E-state index is 13.9. The van der Waals surface area contributed by atoms with Crippen molar-refractivity contribution in [1.82, 2.24) is 9.88 Å². The van der Waals surface area contributed by atoms with Gasteiger partial charge in [-0.1, -0.05) is 59.7 Å². The van der Waals surface area contributed by atoms with Crippen LogP contribution in [0.5, 0.6) is 11.5 Å². The van der Waals surface area contributed by atoms with Crippen molar-refractivity contribution in [1.29, 1.82) is 0 Å². The monoisotopic (exact) mass is 645 g/mol. The number of hydrogen-bond acceptors (Lipinski definition) is 4. The summed E-state index contributed by atoms with van der Waals surface area (Å²) < 4.78 is 12.6. The molecule has 0 aliphatic carbocycles. The number of halogens is 1. The van der Waals surface area contributed by atoms with E-state index in [1.165, 1.54) is 16.7 Å². The second-order valence-electron chi connectivity index (χ2n) is 11.7. The molecule has 7 heteroatoms. The molecule has 0 unspecified atom stereocenters. The number of unbranched alkanes of at least 4 members (excludes halogenated alkanes) is 1. The molecular weight excluding hydrogens is 602 g/mol. The highest BCUT2D eigenvalue weighted by atomic mass is 79.9. The number of benzene rings is 3. The number of pyridine rings is 1. The van der Waals surface area contributed by atoms with Crippen molar-refractivity contribution in [2.45, 2.75) is 53.6 Å². The van der Waals surface area contributed by atoms with Gasteiger partial charge in [0.25, 0.3) is 5.91 Å². The van der Waals surface area contributed by atoms with Gasteiger partial charge in [-0.2, -0.15) is 0 Å². The fourth-order valence-electron chi connectivity index (χ4n) is 6.15. The Hall–Kier alpha value is -3.42. The van der Waals surface area contributed by atoms with E-state index in [-0.39, 0.29) is 22.9 Å². The van der Waals surface area contributed by atoms with Crippen molar-refractivity contribution in [2.75, 3.05) is 39.4 Å². The fourth-order valence-corrected chi connectivity index (χ4v) is 6.15. The summed E-state index contributed by atoms with van der Waals surface area (Å²) in [6.07, 6.45) is 1.97. The SMILES string of the molecule is CC[N+](CC)(CCCCN(Cc1ccc2c(c1)OCCO2)C(=O)c1ccc2ccccc2n1)Cc1cc(C)cc(C)c1.[Br-]. The number of carbonyl (C=O) groups excluding carboxylic acids is 1. The van der Waals surface area contributed by atoms with E-state index in [0.29, 0.717) is 32.0 Å². The maximum absolute atomic E-state index is 13.9. The summed E-state index contributed by atoms with van der Waals surface area (Å²) in [7, 11) is 0. The number of carbonyl (C=O) groups is 1. The van der Waals surface area contributed by atoms with Crippen molar-refractivity contribution in [3.05, 3.63) is 101 Å². The lowest BCUT2D eigenvalue weighted by Crippen LogP contribution is -3.00. The molecule has 1 aromatic heterocycles. The Morgan fingerprint density at radius 3 is 2.30 bits per heavy atom. The normalized spacial score (nSPS) is 12.6. The Labute approximate surface area is 267 Å². The van der Waals surface area contributed by atoms with Gasteiger partial charge in [-0.05, 0) is 70.4 Å². The Morgan fingerprint density at radius 1 is 0.837 bits per heavy atom. The minimum absolute atomic E-state index is 0. The number of rotatable bonds is 12. The zero-order valence-corrected chi connectivity index (χ0v) is 27.5. The van der Waals surface area contributed by atoms with Crippen LogP contribution in [-0.2, 0) is 13.1 Å². The van der Waals surface area contributed by atoms with Crippen LogP contribution in [0.4, 0.5) is 0 Å². The highest BCUT2D eigenvalue weighted by molar-refractivity contribution is 5.94. The van der Waals surface area contributed by atoms with Gasteiger partial charge >= 0.3 is 0 Å². The van der Waals surface area contributed by atoms with Crippen LogP contribution in [-0.4, -0.2) is 59.7 Å². The molecule has 0 atom stereocenters. The third-order valence-electron chi connectivity index (χ3n) is 8.54. The lowest BCUT2D eigenvalue weighted by Gasteiger charge is -2.37. The molecule has 1 amide bonds. The van der Waals surface area contributed by atoms with E-state index >= 15 is 0 Å². The number of amides is 1. The van der Waals surface area contributed by atoms with Gasteiger partial charge in [0.05, 0.1) is 25.2 Å². The van der Waals surface area contributed by atoms with E-state index in [0.717, 1.165) is 71.5 Å². The topological polar surface area (TPSA) is 51.7 Å². The van der Waals surface area contributed by atoms with E-state index in [1.807, 2.05) is 59.5 Å². The molecule has 0 saturated carbocycles. The molecule has 228 valence electrons. The number of nitrogens with zero attached hydrogens (tertiary/aromatic N) is 3. The molecule has 5 rings (SSSR count). The largest absolute Gasteiger partial charge is 1.00 e. The van der Waals surface area contributed by atoms with Gasteiger partial charge in [-0.15, -0.1) is 0 Å². The first kappa shape index (κ1) is 32.5. The fraction of sp³-hybridized carbons (Fsp3) is 0.389. The van der Waals surface area contributed by atoms with E-state index < -0.39 is 0 Å². The summed E-state index contributed by atoms with van der Waals surface area (Å²) in [6.45, 7) is 15.5. The predicted octanol–water partition coefficient (Wildman–Crippen LogP) is 4.11. The number of hydrogen-bond donors (Lipinski definition) is 0. The Bertz CT molecular complexity index is 1520. The summed E-state index contributed by atoms with van der Waals surface area (Å²) in [5, 5.41) is 1.03. The number of ether oxygens (including phenoxy) is 2. The molecule has 3 aromatic carbocycles. The number of para-hydroxylation sites is 1. The van der Waals surface area contributed by atoms with Gasteiger partial charge in [-0.25, -0.2) is 4.98 Å². The van der Waals surface area contributed by atoms with Gasteiger partial charge in [0, 0.05) is 24.0 Å². The zero-order valence-electron chi connectivity index (χ0n) is 25.9. The average Bonchev–Trinajstić information content (AvgIpc) is 3.00. The molecule has 1 aliphatic heterocycles. The lowest BCUT2D eigenvalue weighted by atomic mass is 10.1. The van der Waals surface area contributed by atoms with E-state index in [4.69, 9.17) is 14.5 Å². The van der Waals surface area contributed by atoms with Gasteiger partial charge in [0.15, 0.2) is 11.5 Å². The molecule has 0 N–H and O–H groups in total.